The van der Waals surface area contributed by atoms with E-state index < -0.39 is 5.54 Å². The van der Waals surface area contributed by atoms with Crippen molar-refractivity contribution in [3.05, 3.63) is 17.5 Å². The van der Waals surface area contributed by atoms with Crippen LogP contribution in [0.3, 0.4) is 0 Å². The molecule has 1 N–H and O–H groups in total. The van der Waals surface area contributed by atoms with Gasteiger partial charge in [-0.1, -0.05) is 65.2 Å². The molecule has 2 heterocycles. The van der Waals surface area contributed by atoms with Crippen LogP contribution in [0.25, 0.3) is 0 Å². The standard InChI is InChI=1S/C25H40N4O2/c1-18(2)21-16-22-23(30)29(20-14-10-7-11-15-20)25(3,17-28(22)27-21)24(31)26-19-12-8-5-4-6-9-13-19/h16,18-20H,4-15,17H2,1-3H3,(H,26,31). The van der Waals surface area contributed by atoms with Gasteiger partial charge in [0.05, 0.1) is 12.2 Å². The van der Waals surface area contributed by atoms with Crippen LogP contribution >= 0.6 is 0 Å². The van der Waals surface area contributed by atoms with Gasteiger partial charge in [-0.2, -0.15) is 5.10 Å². The first-order valence-corrected chi connectivity index (χ1v) is 12.6. The topological polar surface area (TPSA) is 67.2 Å². The molecule has 2 aliphatic carbocycles. The highest BCUT2D eigenvalue weighted by Gasteiger charge is 2.51. The summed E-state index contributed by atoms with van der Waals surface area (Å²) >= 11 is 0. The molecule has 1 atom stereocenters. The van der Waals surface area contributed by atoms with E-state index in [0.717, 1.165) is 44.2 Å². The zero-order valence-electron chi connectivity index (χ0n) is 19.7. The van der Waals surface area contributed by atoms with Gasteiger partial charge in [-0.15, -0.1) is 0 Å². The maximum Gasteiger partial charge on any atom is 0.273 e. The smallest absolute Gasteiger partial charge is 0.273 e. The first-order chi connectivity index (χ1) is 14.9. The van der Waals surface area contributed by atoms with Gasteiger partial charge in [-0.05, 0) is 44.6 Å². The van der Waals surface area contributed by atoms with Crippen molar-refractivity contribution < 1.29 is 9.59 Å². The van der Waals surface area contributed by atoms with E-state index in [4.69, 9.17) is 5.10 Å². The minimum atomic E-state index is -0.894. The van der Waals surface area contributed by atoms with Gasteiger partial charge in [0.1, 0.15) is 11.2 Å². The van der Waals surface area contributed by atoms with Gasteiger partial charge in [0.25, 0.3) is 5.91 Å². The minimum Gasteiger partial charge on any atom is -0.351 e. The molecule has 2 fully saturated rings. The highest BCUT2D eigenvalue weighted by Crippen LogP contribution is 2.35. The molecule has 31 heavy (non-hydrogen) atoms. The van der Waals surface area contributed by atoms with Gasteiger partial charge in [0.15, 0.2) is 0 Å². The number of nitrogens with zero attached hydrogens (tertiary/aromatic N) is 3. The number of carbonyl (C=O) groups excluding carboxylic acids is 2. The monoisotopic (exact) mass is 428 g/mol. The lowest BCUT2D eigenvalue weighted by atomic mass is 9.86. The summed E-state index contributed by atoms with van der Waals surface area (Å²) in [7, 11) is 0. The van der Waals surface area contributed by atoms with E-state index in [1.165, 1.54) is 38.5 Å². The summed E-state index contributed by atoms with van der Waals surface area (Å²) in [4.78, 5) is 29.5. The van der Waals surface area contributed by atoms with Crippen molar-refractivity contribution in [1.29, 1.82) is 0 Å². The third kappa shape index (κ3) is 4.54. The summed E-state index contributed by atoms with van der Waals surface area (Å²) in [5.41, 5.74) is 0.677. The van der Waals surface area contributed by atoms with Crippen molar-refractivity contribution >= 4 is 11.8 Å². The van der Waals surface area contributed by atoms with Crippen LogP contribution in [0.15, 0.2) is 6.07 Å². The fraction of sp³-hybridized carbons (Fsp3) is 0.800. The molecule has 6 heteroatoms. The molecule has 0 bridgehead atoms. The van der Waals surface area contributed by atoms with E-state index in [1.54, 1.807) is 4.68 Å². The third-order valence-corrected chi connectivity index (χ3v) is 7.69. The quantitative estimate of drug-likeness (QED) is 0.750. The first-order valence-electron chi connectivity index (χ1n) is 12.6. The molecule has 0 aromatic carbocycles. The largest absolute Gasteiger partial charge is 0.351 e. The summed E-state index contributed by atoms with van der Waals surface area (Å²) in [6, 6.07) is 2.30. The highest BCUT2D eigenvalue weighted by molar-refractivity contribution is 6.00. The first kappa shape index (κ1) is 22.3. The molecule has 6 nitrogen and oxygen atoms in total. The molecule has 0 saturated heterocycles. The Hall–Kier alpha value is -1.85. The predicted molar refractivity (Wildman–Crippen MR) is 122 cm³/mol. The van der Waals surface area contributed by atoms with E-state index in [1.807, 2.05) is 17.9 Å². The summed E-state index contributed by atoms with van der Waals surface area (Å²) in [6.07, 6.45) is 13.7. The van der Waals surface area contributed by atoms with Gasteiger partial charge >= 0.3 is 0 Å². The molecule has 0 spiro atoms. The Bertz CT molecular complexity index is 787. The van der Waals surface area contributed by atoms with Crippen LogP contribution in [-0.4, -0.2) is 44.1 Å². The third-order valence-electron chi connectivity index (χ3n) is 7.69. The average Bonchev–Trinajstić information content (AvgIpc) is 3.15. The van der Waals surface area contributed by atoms with E-state index in [0.29, 0.717) is 12.2 Å². The number of rotatable bonds is 4. The van der Waals surface area contributed by atoms with Crippen molar-refractivity contribution in [3.8, 4) is 0 Å². The van der Waals surface area contributed by atoms with E-state index in [-0.39, 0.29) is 29.8 Å². The van der Waals surface area contributed by atoms with E-state index >= 15 is 0 Å². The van der Waals surface area contributed by atoms with Crippen molar-refractivity contribution in [3.63, 3.8) is 0 Å². The Morgan fingerprint density at radius 2 is 1.61 bits per heavy atom. The number of amides is 2. The van der Waals surface area contributed by atoms with E-state index in [9.17, 15) is 9.59 Å². The molecule has 0 radical (unpaired) electrons. The Balaban J connectivity index is 1.63. The second-order valence-electron chi connectivity index (χ2n) is 10.5. The average molecular weight is 429 g/mol. The molecule has 1 aromatic heterocycles. The SMILES string of the molecule is CC(C)c1cc2n(n1)CC(C)(C(=O)NC1CCCCCCC1)N(C1CCCCC1)C2=O. The molecule has 172 valence electrons. The number of fused-ring (bicyclic) bond motifs is 1. The van der Waals surface area contributed by atoms with Crippen molar-refractivity contribution in [1.82, 2.24) is 20.0 Å². The van der Waals surface area contributed by atoms with Gasteiger partial charge in [0, 0.05) is 12.1 Å². The van der Waals surface area contributed by atoms with Crippen molar-refractivity contribution in [2.24, 2.45) is 0 Å². The van der Waals surface area contributed by atoms with Crippen molar-refractivity contribution in [2.45, 2.75) is 128 Å². The number of hydrogen-bond acceptors (Lipinski definition) is 3. The van der Waals surface area contributed by atoms with Crippen LogP contribution in [0.1, 0.15) is 120 Å². The summed E-state index contributed by atoms with van der Waals surface area (Å²) in [5.74, 6) is 0.237. The molecule has 4 rings (SSSR count). The van der Waals surface area contributed by atoms with Crippen LogP contribution < -0.4 is 5.32 Å². The maximum atomic E-state index is 13.8. The molecule has 1 aromatic rings. The van der Waals surface area contributed by atoms with E-state index in [2.05, 4.69) is 19.2 Å². The lowest BCUT2D eigenvalue weighted by Crippen LogP contribution is -2.67. The van der Waals surface area contributed by atoms with Crippen LogP contribution in [0.4, 0.5) is 0 Å². The second-order valence-corrected chi connectivity index (χ2v) is 10.5. The number of carbonyl (C=O) groups is 2. The van der Waals surface area contributed by atoms with Crippen LogP contribution in [0, 0.1) is 0 Å². The fourth-order valence-electron chi connectivity index (χ4n) is 5.76. The van der Waals surface area contributed by atoms with Crippen LogP contribution in [-0.2, 0) is 11.3 Å². The Morgan fingerprint density at radius 3 is 2.26 bits per heavy atom. The lowest BCUT2D eigenvalue weighted by molar-refractivity contribution is -0.136. The number of hydrogen-bond donors (Lipinski definition) is 1. The predicted octanol–water partition coefficient (Wildman–Crippen LogP) is 4.78. The normalized spacial score (nSPS) is 26.5. The molecular formula is C25H40N4O2. The van der Waals surface area contributed by atoms with Gasteiger partial charge in [-0.3, -0.25) is 14.3 Å². The summed E-state index contributed by atoms with van der Waals surface area (Å²) in [5, 5.41) is 8.09. The Labute approximate surface area is 187 Å². The highest BCUT2D eigenvalue weighted by atomic mass is 16.2. The molecule has 1 aliphatic heterocycles. The van der Waals surface area contributed by atoms with Gasteiger partial charge in [0.2, 0.25) is 5.91 Å². The molecule has 1 unspecified atom stereocenters. The zero-order chi connectivity index (χ0) is 22.0. The number of aromatic nitrogens is 2. The second kappa shape index (κ2) is 9.33. The van der Waals surface area contributed by atoms with Crippen LogP contribution in [0.5, 0.6) is 0 Å². The molecule has 2 saturated carbocycles. The summed E-state index contributed by atoms with van der Waals surface area (Å²) < 4.78 is 1.80. The lowest BCUT2D eigenvalue weighted by Gasteiger charge is -2.48. The fourth-order valence-corrected chi connectivity index (χ4v) is 5.76. The Kier molecular flexibility index (Phi) is 6.73. The maximum absolute atomic E-state index is 13.8. The van der Waals surface area contributed by atoms with Crippen LogP contribution in [0.2, 0.25) is 0 Å². The molecule has 2 amide bonds. The molecular weight excluding hydrogens is 388 g/mol. The number of nitrogens with one attached hydrogen (secondary N) is 1. The minimum absolute atomic E-state index is 0.00393. The van der Waals surface area contributed by atoms with Crippen molar-refractivity contribution in [2.75, 3.05) is 0 Å². The van der Waals surface area contributed by atoms with Gasteiger partial charge in [-0.25, -0.2) is 0 Å². The molecule has 3 aliphatic rings. The summed E-state index contributed by atoms with van der Waals surface area (Å²) in [6.45, 7) is 6.60. The van der Waals surface area contributed by atoms with Gasteiger partial charge < -0.3 is 10.2 Å². The zero-order valence-corrected chi connectivity index (χ0v) is 19.7. The Morgan fingerprint density at radius 1 is 1.03 bits per heavy atom.